The quantitative estimate of drug-likeness (QED) is 0.390. The molecule has 0 aliphatic carbocycles. The summed E-state index contributed by atoms with van der Waals surface area (Å²) in [5, 5.41) is 11.9. The molecule has 2 aromatic heterocycles. The van der Waals surface area contributed by atoms with Crippen LogP contribution >= 0.6 is 11.3 Å². The Labute approximate surface area is 196 Å². The van der Waals surface area contributed by atoms with Crippen LogP contribution in [0, 0.1) is 11.3 Å². The predicted molar refractivity (Wildman–Crippen MR) is 130 cm³/mol. The van der Waals surface area contributed by atoms with Crippen molar-refractivity contribution in [2.24, 2.45) is 0 Å². The Morgan fingerprint density at radius 2 is 1.91 bits per heavy atom. The number of hydrogen-bond donors (Lipinski definition) is 0. The zero-order valence-electron chi connectivity index (χ0n) is 18.7. The fraction of sp³-hybridized carbons (Fsp3) is 0.240. The zero-order valence-corrected chi connectivity index (χ0v) is 19.6. The average molecular weight is 461 g/mol. The summed E-state index contributed by atoms with van der Waals surface area (Å²) in [5.74, 6) is 2.01. The molecule has 33 heavy (non-hydrogen) atoms. The lowest BCUT2D eigenvalue weighted by Crippen LogP contribution is -2.29. The molecule has 4 rings (SSSR count). The van der Waals surface area contributed by atoms with Crippen LogP contribution in [0.15, 0.2) is 58.7 Å². The van der Waals surface area contributed by atoms with Crippen molar-refractivity contribution in [2.45, 2.75) is 19.6 Å². The molecular formula is C25H24N4O3S. The van der Waals surface area contributed by atoms with Crippen LogP contribution in [0.5, 0.6) is 11.5 Å². The van der Waals surface area contributed by atoms with Crippen LogP contribution in [0.3, 0.4) is 0 Å². The third-order valence-corrected chi connectivity index (χ3v) is 6.30. The van der Waals surface area contributed by atoms with Gasteiger partial charge in [0.05, 0.1) is 32.2 Å². The molecule has 0 aliphatic heterocycles. The summed E-state index contributed by atoms with van der Waals surface area (Å²) in [5.41, 5.74) is 2.61. The predicted octanol–water partition coefficient (Wildman–Crippen LogP) is 4.30. The maximum atomic E-state index is 13.4. The second kappa shape index (κ2) is 9.86. The molecule has 0 unspecified atom stereocenters. The molecule has 0 amide bonds. The highest BCUT2D eigenvalue weighted by molar-refractivity contribution is 7.17. The standard InChI is InChI=1S/C25H24N4O3S/c1-28(14-18-9-10-19(31-2)13-21(18)32-3)15-22-27-24-23(25(30)29(22)12-11-26)20(16-33-24)17-7-5-4-6-8-17/h4-10,13,16H,12,14-15H2,1-3H3. The number of nitrogens with zero attached hydrogens (tertiary/aromatic N) is 4. The molecule has 0 bridgehead atoms. The Bertz CT molecular complexity index is 1370. The molecule has 0 aliphatic rings. The third-order valence-electron chi connectivity index (χ3n) is 5.43. The minimum absolute atomic E-state index is 0.0547. The Hall–Kier alpha value is -3.67. The summed E-state index contributed by atoms with van der Waals surface area (Å²) in [7, 11) is 5.19. The van der Waals surface area contributed by atoms with Crippen LogP contribution < -0.4 is 15.0 Å². The van der Waals surface area contributed by atoms with Crippen molar-refractivity contribution >= 4 is 21.6 Å². The lowest BCUT2D eigenvalue weighted by atomic mass is 10.1. The average Bonchev–Trinajstić information content (AvgIpc) is 3.26. The number of hydrogen-bond acceptors (Lipinski definition) is 7. The number of ether oxygens (including phenoxy) is 2. The highest BCUT2D eigenvalue weighted by Crippen LogP contribution is 2.31. The molecule has 7 nitrogen and oxygen atoms in total. The number of benzene rings is 2. The number of rotatable bonds is 8. The second-order valence-corrected chi connectivity index (χ2v) is 8.48. The second-order valence-electron chi connectivity index (χ2n) is 7.62. The summed E-state index contributed by atoms with van der Waals surface area (Å²) < 4.78 is 12.3. The van der Waals surface area contributed by atoms with Crippen LogP contribution in [0.1, 0.15) is 11.4 Å². The first-order valence-corrected chi connectivity index (χ1v) is 11.3. The lowest BCUT2D eigenvalue weighted by Gasteiger charge is -2.20. The zero-order chi connectivity index (χ0) is 23.4. The number of aromatic nitrogens is 2. The summed E-state index contributed by atoms with van der Waals surface area (Å²) >= 11 is 1.45. The minimum atomic E-state index is -0.188. The summed E-state index contributed by atoms with van der Waals surface area (Å²) in [6, 6.07) is 17.6. The van der Waals surface area contributed by atoms with Gasteiger partial charge in [-0.1, -0.05) is 36.4 Å². The number of fused-ring (bicyclic) bond motifs is 1. The topological polar surface area (TPSA) is 80.4 Å². The molecule has 2 heterocycles. The van der Waals surface area contributed by atoms with Crippen LogP contribution in [-0.2, 0) is 19.6 Å². The van der Waals surface area contributed by atoms with E-state index in [0.717, 1.165) is 28.2 Å². The van der Waals surface area contributed by atoms with Gasteiger partial charge in [-0.2, -0.15) is 5.26 Å². The van der Waals surface area contributed by atoms with E-state index in [1.807, 2.05) is 65.9 Å². The fourth-order valence-electron chi connectivity index (χ4n) is 3.82. The summed E-state index contributed by atoms with van der Waals surface area (Å²) in [6.45, 7) is 0.925. The molecule has 0 spiro atoms. The maximum absolute atomic E-state index is 13.4. The van der Waals surface area contributed by atoms with Gasteiger partial charge >= 0.3 is 0 Å². The van der Waals surface area contributed by atoms with Gasteiger partial charge < -0.3 is 9.47 Å². The van der Waals surface area contributed by atoms with Gasteiger partial charge in [-0.15, -0.1) is 11.3 Å². The minimum Gasteiger partial charge on any atom is -0.497 e. The lowest BCUT2D eigenvalue weighted by molar-refractivity contribution is 0.296. The Balaban J connectivity index is 1.69. The van der Waals surface area contributed by atoms with Gasteiger partial charge in [-0.25, -0.2) is 4.98 Å². The highest BCUT2D eigenvalue weighted by Gasteiger charge is 2.18. The smallest absolute Gasteiger partial charge is 0.263 e. The SMILES string of the molecule is COc1ccc(CN(C)Cc2nc3scc(-c4ccccc4)c3c(=O)n2CC#N)c(OC)c1. The molecular weight excluding hydrogens is 436 g/mol. The maximum Gasteiger partial charge on any atom is 0.263 e. The van der Waals surface area contributed by atoms with Gasteiger partial charge in [0.1, 0.15) is 28.7 Å². The Morgan fingerprint density at radius 3 is 2.61 bits per heavy atom. The van der Waals surface area contributed by atoms with E-state index in [4.69, 9.17) is 14.5 Å². The Kier molecular flexibility index (Phi) is 6.73. The molecule has 8 heteroatoms. The van der Waals surface area contributed by atoms with Crippen molar-refractivity contribution in [1.82, 2.24) is 14.5 Å². The van der Waals surface area contributed by atoms with Gasteiger partial charge in [0, 0.05) is 29.1 Å². The van der Waals surface area contributed by atoms with Gasteiger partial charge in [-0.3, -0.25) is 14.3 Å². The summed E-state index contributed by atoms with van der Waals surface area (Å²) in [6.07, 6.45) is 0. The van der Waals surface area contributed by atoms with E-state index < -0.39 is 0 Å². The van der Waals surface area contributed by atoms with Crippen molar-refractivity contribution in [2.75, 3.05) is 21.3 Å². The molecule has 168 valence electrons. The van der Waals surface area contributed by atoms with Gasteiger partial charge in [-0.05, 0) is 18.7 Å². The van der Waals surface area contributed by atoms with E-state index in [-0.39, 0.29) is 12.1 Å². The van der Waals surface area contributed by atoms with E-state index in [2.05, 4.69) is 6.07 Å². The number of nitriles is 1. The van der Waals surface area contributed by atoms with Crippen LogP contribution in [-0.4, -0.2) is 35.7 Å². The molecule has 0 saturated carbocycles. The molecule has 2 aromatic carbocycles. The monoisotopic (exact) mass is 460 g/mol. The highest BCUT2D eigenvalue weighted by atomic mass is 32.1. The van der Waals surface area contributed by atoms with Crippen molar-refractivity contribution in [3.05, 3.63) is 75.7 Å². The van der Waals surface area contributed by atoms with Crippen molar-refractivity contribution in [3.8, 4) is 28.7 Å². The first kappa shape index (κ1) is 22.5. The van der Waals surface area contributed by atoms with Gasteiger partial charge in [0.15, 0.2) is 0 Å². The molecule has 0 saturated heterocycles. The normalized spacial score (nSPS) is 11.0. The molecule has 0 fully saturated rings. The molecule has 0 radical (unpaired) electrons. The van der Waals surface area contributed by atoms with Crippen molar-refractivity contribution in [3.63, 3.8) is 0 Å². The van der Waals surface area contributed by atoms with Crippen LogP contribution in [0.2, 0.25) is 0 Å². The molecule has 0 atom stereocenters. The first-order valence-electron chi connectivity index (χ1n) is 10.4. The van der Waals surface area contributed by atoms with Crippen LogP contribution in [0.4, 0.5) is 0 Å². The van der Waals surface area contributed by atoms with E-state index >= 15 is 0 Å². The van der Waals surface area contributed by atoms with E-state index in [1.165, 1.54) is 15.9 Å². The van der Waals surface area contributed by atoms with E-state index in [0.29, 0.717) is 29.1 Å². The van der Waals surface area contributed by atoms with Gasteiger partial charge in [0.25, 0.3) is 5.56 Å². The Morgan fingerprint density at radius 1 is 1.12 bits per heavy atom. The molecule has 4 aromatic rings. The fourth-order valence-corrected chi connectivity index (χ4v) is 4.78. The third kappa shape index (κ3) is 4.60. The van der Waals surface area contributed by atoms with E-state index in [1.54, 1.807) is 14.2 Å². The van der Waals surface area contributed by atoms with Gasteiger partial charge in [0.2, 0.25) is 0 Å². The largest absolute Gasteiger partial charge is 0.497 e. The summed E-state index contributed by atoms with van der Waals surface area (Å²) in [4.78, 5) is 20.9. The number of methoxy groups -OCH3 is 2. The first-order chi connectivity index (χ1) is 16.0. The van der Waals surface area contributed by atoms with E-state index in [9.17, 15) is 10.1 Å². The number of thiophene rings is 1. The van der Waals surface area contributed by atoms with Crippen molar-refractivity contribution in [1.29, 1.82) is 5.26 Å². The molecule has 0 N–H and O–H groups in total. The van der Waals surface area contributed by atoms with Crippen molar-refractivity contribution < 1.29 is 9.47 Å². The van der Waals surface area contributed by atoms with Crippen LogP contribution in [0.25, 0.3) is 21.3 Å².